The summed E-state index contributed by atoms with van der Waals surface area (Å²) in [4.78, 5) is 29.8. The summed E-state index contributed by atoms with van der Waals surface area (Å²) in [6.07, 6.45) is 6.74. The van der Waals surface area contributed by atoms with Gasteiger partial charge in [-0.15, -0.1) is 11.3 Å². The van der Waals surface area contributed by atoms with Crippen molar-refractivity contribution in [3.8, 4) is 5.75 Å². The van der Waals surface area contributed by atoms with E-state index in [1.807, 2.05) is 43.3 Å². The molecule has 7 heteroatoms. The van der Waals surface area contributed by atoms with Crippen LogP contribution in [0.5, 0.6) is 5.75 Å². The van der Waals surface area contributed by atoms with Crippen LogP contribution >= 0.6 is 11.3 Å². The average molecular weight is 506 g/mol. The summed E-state index contributed by atoms with van der Waals surface area (Å²) in [6, 6.07) is 16.0. The number of ether oxygens (including phenoxy) is 1. The molecule has 0 spiro atoms. The fraction of sp³-hybridized carbons (Fsp3) is 0.414. The molecule has 3 aromatic rings. The van der Waals surface area contributed by atoms with Crippen LogP contribution in [0.2, 0.25) is 0 Å². The molecule has 1 saturated carbocycles. The van der Waals surface area contributed by atoms with Crippen LogP contribution in [0.15, 0.2) is 53.9 Å². The van der Waals surface area contributed by atoms with Crippen molar-refractivity contribution in [3.05, 3.63) is 81.3 Å². The number of hydrogen-bond donors (Lipinski definition) is 2. The van der Waals surface area contributed by atoms with Crippen LogP contribution in [0.4, 0.5) is 0 Å². The molecule has 0 radical (unpaired) electrons. The van der Waals surface area contributed by atoms with Crippen molar-refractivity contribution < 1.29 is 14.3 Å². The smallest absolute Gasteiger partial charge is 0.270 e. The second kappa shape index (κ2) is 12.7. The zero-order valence-corrected chi connectivity index (χ0v) is 21.9. The van der Waals surface area contributed by atoms with Gasteiger partial charge in [0, 0.05) is 23.0 Å². The van der Waals surface area contributed by atoms with Crippen molar-refractivity contribution in [2.45, 2.75) is 77.5 Å². The van der Waals surface area contributed by atoms with E-state index < -0.39 is 0 Å². The van der Waals surface area contributed by atoms with Gasteiger partial charge in [-0.05, 0) is 75.3 Å². The number of carbonyl (C=O) groups excluding carboxylic acids is 2. The van der Waals surface area contributed by atoms with E-state index >= 15 is 0 Å². The Morgan fingerprint density at radius 1 is 0.944 bits per heavy atom. The van der Waals surface area contributed by atoms with Crippen LogP contribution < -0.4 is 15.4 Å². The van der Waals surface area contributed by atoms with Crippen LogP contribution in [0.25, 0.3) is 0 Å². The Morgan fingerprint density at radius 3 is 2.22 bits per heavy atom. The predicted molar refractivity (Wildman–Crippen MR) is 144 cm³/mol. The van der Waals surface area contributed by atoms with Gasteiger partial charge in [-0.3, -0.25) is 9.59 Å². The molecule has 1 aliphatic carbocycles. The zero-order chi connectivity index (χ0) is 25.3. The summed E-state index contributed by atoms with van der Waals surface area (Å²) in [5, 5.41) is 8.82. The topological polar surface area (TPSA) is 80.3 Å². The van der Waals surface area contributed by atoms with Crippen LogP contribution in [0, 0.1) is 6.92 Å². The van der Waals surface area contributed by atoms with Gasteiger partial charge in [0.15, 0.2) is 0 Å². The first-order valence-electron chi connectivity index (χ1n) is 12.8. The molecule has 1 fully saturated rings. The number of benzene rings is 2. The molecule has 36 heavy (non-hydrogen) atoms. The maximum absolute atomic E-state index is 12.7. The summed E-state index contributed by atoms with van der Waals surface area (Å²) >= 11 is 1.43. The third-order valence-corrected chi connectivity index (χ3v) is 7.42. The lowest BCUT2D eigenvalue weighted by Crippen LogP contribution is -2.43. The Labute approximate surface area is 217 Å². The Morgan fingerprint density at radius 2 is 1.58 bits per heavy atom. The normalized spacial score (nSPS) is 17.4. The second-order valence-electron chi connectivity index (χ2n) is 9.52. The van der Waals surface area contributed by atoms with E-state index in [4.69, 9.17) is 4.74 Å². The van der Waals surface area contributed by atoms with E-state index in [0.717, 1.165) is 49.3 Å². The molecule has 0 atom stereocenters. The zero-order valence-electron chi connectivity index (χ0n) is 21.1. The highest BCUT2D eigenvalue weighted by molar-refractivity contribution is 7.09. The minimum absolute atomic E-state index is 0.0209. The average Bonchev–Trinajstić information content (AvgIpc) is 3.38. The minimum atomic E-state index is -0.150. The van der Waals surface area contributed by atoms with Crippen LogP contribution in [-0.4, -0.2) is 28.9 Å². The molecule has 1 heterocycles. The fourth-order valence-electron chi connectivity index (χ4n) is 4.37. The van der Waals surface area contributed by atoms with Gasteiger partial charge >= 0.3 is 0 Å². The van der Waals surface area contributed by atoms with Crippen molar-refractivity contribution in [3.63, 3.8) is 0 Å². The summed E-state index contributed by atoms with van der Waals surface area (Å²) in [6.45, 7) is 4.56. The molecule has 0 unspecified atom stereocenters. The number of nitrogens with one attached hydrogen (secondary N) is 2. The molecule has 2 aromatic carbocycles. The van der Waals surface area contributed by atoms with Gasteiger partial charge in [-0.25, -0.2) is 4.98 Å². The Balaban J connectivity index is 1.19. The molecule has 1 aliphatic rings. The summed E-state index contributed by atoms with van der Waals surface area (Å²) in [5.41, 5.74) is 3.59. The minimum Gasteiger partial charge on any atom is -0.486 e. The predicted octanol–water partition coefficient (Wildman–Crippen LogP) is 5.84. The maximum Gasteiger partial charge on any atom is 0.270 e. The van der Waals surface area contributed by atoms with E-state index in [1.54, 1.807) is 5.38 Å². The van der Waals surface area contributed by atoms with Gasteiger partial charge in [0.1, 0.15) is 23.1 Å². The van der Waals surface area contributed by atoms with Gasteiger partial charge in [-0.2, -0.15) is 0 Å². The molecule has 190 valence electrons. The number of amides is 2. The summed E-state index contributed by atoms with van der Waals surface area (Å²) in [5.74, 6) is 0.616. The summed E-state index contributed by atoms with van der Waals surface area (Å²) in [7, 11) is 0. The number of aromatic nitrogens is 1. The first-order valence-corrected chi connectivity index (χ1v) is 13.7. The lowest BCUT2D eigenvalue weighted by Gasteiger charge is -2.29. The van der Waals surface area contributed by atoms with Gasteiger partial charge in [0.2, 0.25) is 0 Å². The molecule has 4 rings (SSSR count). The second-order valence-corrected chi connectivity index (χ2v) is 10.5. The van der Waals surface area contributed by atoms with Gasteiger partial charge in [-0.1, -0.05) is 43.2 Å². The number of rotatable bonds is 10. The standard InChI is InChI=1S/C29H35N3O3S/c1-3-4-5-21-8-10-22(11-9-21)28(33)30-23-12-14-24(15-13-23)31-29(34)26-19-36-27(32-26)18-35-25-16-6-20(2)7-17-25/h6-11,16-17,19,23-24H,3-5,12-15,18H2,1-2H3,(H,30,33)(H,31,34). The molecule has 2 N–H and O–H groups in total. The molecular weight excluding hydrogens is 470 g/mol. The van der Waals surface area contributed by atoms with Crippen LogP contribution in [0.3, 0.4) is 0 Å². The molecule has 0 aliphatic heterocycles. The lowest BCUT2D eigenvalue weighted by atomic mass is 9.91. The monoisotopic (exact) mass is 505 g/mol. The highest BCUT2D eigenvalue weighted by Crippen LogP contribution is 2.21. The largest absolute Gasteiger partial charge is 0.486 e. The van der Waals surface area contributed by atoms with Crippen molar-refractivity contribution in [2.24, 2.45) is 0 Å². The molecule has 0 saturated heterocycles. The highest BCUT2D eigenvalue weighted by atomic mass is 32.1. The quantitative estimate of drug-likeness (QED) is 0.363. The van der Waals surface area contributed by atoms with Crippen molar-refractivity contribution >= 4 is 23.2 Å². The molecular formula is C29H35N3O3S. The maximum atomic E-state index is 12.7. The summed E-state index contributed by atoms with van der Waals surface area (Å²) < 4.78 is 5.77. The number of nitrogens with zero attached hydrogens (tertiary/aromatic N) is 1. The third kappa shape index (κ3) is 7.40. The SMILES string of the molecule is CCCCc1ccc(C(=O)NC2CCC(NC(=O)c3csc(COc4ccc(C)cc4)n3)CC2)cc1. The molecule has 0 bridgehead atoms. The van der Waals surface area contributed by atoms with E-state index in [0.29, 0.717) is 17.9 Å². The molecule has 1 aromatic heterocycles. The van der Waals surface area contributed by atoms with Crippen molar-refractivity contribution in [2.75, 3.05) is 0 Å². The highest BCUT2D eigenvalue weighted by Gasteiger charge is 2.25. The molecule has 6 nitrogen and oxygen atoms in total. The van der Waals surface area contributed by atoms with E-state index in [9.17, 15) is 9.59 Å². The Bertz CT molecular complexity index is 1130. The fourth-order valence-corrected chi connectivity index (χ4v) is 5.06. The van der Waals surface area contributed by atoms with Crippen molar-refractivity contribution in [1.29, 1.82) is 0 Å². The lowest BCUT2D eigenvalue weighted by molar-refractivity contribution is 0.0889. The Kier molecular flexibility index (Phi) is 9.11. The van der Waals surface area contributed by atoms with E-state index in [2.05, 4.69) is 34.7 Å². The van der Waals surface area contributed by atoms with Gasteiger partial charge in [0.05, 0.1) is 0 Å². The first kappa shape index (κ1) is 25.9. The van der Waals surface area contributed by atoms with Crippen LogP contribution in [-0.2, 0) is 13.0 Å². The number of carbonyl (C=O) groups is 2. The number of thiazole rings is 1. The van der Waals surface area contributed by atoms with E-state index in [-0.39, 0.29) is 23.9 Å². The van der Waals surface area contributed by atoms with Gasteiger partial charge in [0.25, 0.3) is 11.8 Å². The third-order valence-electron chi connectivity index (χ3n) is 6.60. The molecule has 2 amide bonds. The number of unbranched alkanes of at least 4 members (excludes halogenated alkanes) is 1. The Hall–Kier alpha value is -3.19. The number of hydrogen-bond acceptors (Lipinski definition) is 5. The van der Waals surface area contributed by atoms with Gasteiger partial charge < -0.3 is 15.4 Å². The number of aryl methyl sites for hydroxylation is 2. The van der Waals surface area contributed by atoms with E-state index in [1.165, 1.54) is 28.9 Å². The van der Waals surface area contributed by atoms with Crippen LogP contribution in [0.1, 0.15) is 82.4 Å². The first-order chi connectivity index (χ1) is 17.5. The van der Waals surface area contributed by atoms with Crippen molar-refractivity contribution in [1.82, 2.24) is 15.6 Å².